The van der Waals surface area contributed by atoms with Crippen LogP contribution in [0.2, 0.25) is 0 Å². The largest absolute Gasteiger partial charge is 0.519 e. The number of methoxy groups -OCH3 is 1. The second-order valence-electron chi connectivity index (χ2n) is 4.86. The van der Waals surface area contributed by atoms with Crippen LogP contribution in [0.25, 0.3) is 0 Å². The van der Waals surface area contributed by atoms with Gasteiger partial charge in [0, 0.05) is 6.42 Å². The molecule has 1 aliphatic heterocycles. The summed E-state index contributed by atoms with van der Waals surface area (Å²) in [6.45, 7) is 5.82. The number of carbonyl (C=O) groups excluding carboxylic acids is 1. The van der Waals surface area contributed by atoms with Gasteiger partial charge in [0.05, 0.1) is 13.7 Å². The van der Waals surface area contributed by atoms with Gasteiger partial charge in [0.1, 0.15) is 5.54 Å². The third-order valence-electron chi connectivity index (χ3n) is 3.08. The number of carbonyl (C=O) groups is 2. The topological polar surface area (TPSA) is 63.6 Å². The molecule has 1 aliphatic rings. The number of amides is 1. The van der Waals surface area contributed by atoms with Crippen LogP contribution in [-0.2, 0) is 9.53 Å². The summed E-state index contributed by atoms with van der Waals surface area (Å²) in [5, 5.41) is 9.44. The molecule has 1 unspecified atom stereocenters. The molecule has 1 amide bonds. The van der Waals surface area contributed by atoms with Crippen LogP contribution in [-0.4, -0.2) is 40.8 Å². The van der Waals surface area contributed by atoms with Crippen molar-refractivity contribution >= 4 is 12.1 Å². The zero-order valence-corrected chi connectivity index (χ0v) is 10.1. The molecule has 5 nitrogen and oxygen atoms in total. The molecule has 0 fully saturated rings. The summed E-state index contributed by atoms with van der Waals surface area (Å²) in [6, 6.07) is 0. The van der Waals surface area contributed by atoms with E-state index in [1.807, 2.05) is 20.8 Å². The highest BCUT2D eigenvalue weighted by atomic mass is 16.5. The average molecular weight is 228 g/mol. The lowest BCUT2D eigenvalue weighted by Crippen LogP contribution is -2.62. The highest BCUT2D eigenvalue weighted by molar-refractivity contribution is 5.88. The van der Waals surface area contributed by atoms with Gasteiger partial charge in [-0.1, -0.05) is 0 Å². The second kappa shape index (κ2) is 3.90. The summed E-state index contributed by atoms with van der Waals surface area (Å²) in [5.41, 5.74) is -0.356. The summed E-state index contributed by atoms with van der Waals surface area (Å²) in [7, 11) is 1.26. The van der Waals surface area contributed by atoms with Gasteiger partial charge in [-0.2, -0.15) is 9.28 Å². The maximum Gasteiger partial charge on any atom is 0.519 e. The Morgan fingerprint density at radius 2 is 2.00 bits per heavy atom. The average Bonchev–Trinajstić information content (AvgIpc) is 2.60. The first-order valence-electron chi connectivity index (χ1n) is 5.18. The highest BCUT2D eigenvalue weighted by Crippen LogP contribution is 2.36. The van der Waals surface area contributed by atoms with E-state index in [0.717, 1.165) is 0 Å². The molecule has 16 heavy (non-hydrogen) atoms. The van der Waals surface area contributed by atoms with E-state index in [2.05, 4.69) is 4.74 Å². The van der Waals surface area contributed by atoms with Crippen molar-refractivity contribution in [1.29, 1.82) is 0 Å². The van der Waals surface area contributed by atoms with E-state index in [-0.39, 0.29) is 10.2 Å². The molecule has 0 aromatic heterocycles. The normalized spacial score (nSPS) is 25.1. The Balaban J connectivity index is 3.29. The van der Waals surface area contributed by atoms with Crippen LogP contribution in [0.3, 0.4) is 0 Å². The lowest BCUT2D eigenvalue weighted by molar-refractivity contribution is -0.858. The molecule has 1 N–H and O–H groups in total. The first-order valence-corrected chi connectivity index (χ1v) is 5.18. The number of carboxylic acid groups (broad SMARTS) is 1. The van der Waals surface area contributed by atoms with E-state index in [9.17, 15) is 14.7 Å². The molecule has 0 aromatic carbocycles. The first kappa shape index (κ1) is 12.7. The molecule has 0 spiro atoms. The zero-order valence-electron chi connectivity index (χ0n) is 10.1. The van der Waals surface area contributed by atoms with Crippen LogP contribution in [0.15, 0.2) is 11.8 Å². The van der Waals surface area contributed by atoms with E-state index in [1.165, 1.54) is 7.11 Å². The van der Waals surface area contributed by atoms with Crippen molar-refractivity contribution in [2.75, 3.05) is 13.7 Å². The molecule has 0 aromatic rings. The fourth-order valence-corrected chi connectivity index (χ4v) is 2.20. The van der Waals surface area contributed by atoms with E-state index in [0.29, 0.717) is 13.0 Å². The molecule has 0 saturated heterocycles. The molecule has 5 heteroatoms. The third-order valence-corrected chi connectivity index (χ3v) is 3.08. The van der Waals surface area contributed by atoms with Gasteiger partial charge < -0.3 is 9.84 Å². The van der Waals surface area contributed by atoms with Crippen LogP contribution >= 0.6 is 0 Å². The number of ether oxygens (including phenoxy) is 1. The van der Waals surface area contributed by atoms with Gasteiger partial charge in [-0.3, -0.25) is 0 Å². The second-order valence-corrected chi connectivity index (χ2v) is 4.86. The molecule has 0 aliphatic carbocycles. The third kappa shape index (κ3) is 1.61. The number of quaternary nitrogens is 1. The van der Waals surface area contributed by atoms with Crippen molar-refractivity contribution in [3.63, 3.8) is 0 Å². The number of hydrogen-bond acceptors (Lipinski definition) is 3. The monoisotopic (exact) mass is 228 g/mol. The number of hydrogen-bond donors (Lipinski definition) is 1. The molecule has 0 bridgehead atoms. The van der Waals surface area contributed by atoms with Gasteiger partial charge >= 0.3 is 12.1 Å². The molecular formula is C11H18NO4+. The van der Waals surface area contributed by atoms with Crippen LogP contribution in [0.4, 0.5) is 4.79 Å². The predicted molar refractivity (Wildman–Crippen MR) is 57.6 cm³/mol. The molecule has 1 rings (SSSR count). The fourth-order valence-electron chi connectivity index (χ4n) is 2.20. The summed E-state index contributed by atoms with van der Waals surface area (Å²) < 4.78 is 4.29. The molecule has 0 saturated carbocycles. The summed E-state index contributed by atoms with van der Waals surface area (Å²) in [6.07, 6.45) is 1.22. The van der Waals surface area contributed by atoms with Crippen molar-refractivity contribution in [1.82, 2.24) is 0 Å². The molecule has 1 heterocycles. The minimum atomic E-state index is -1.01. The fraction of sp³-hybridized carbons (Fsp3) is 0.636. The van der Waals surface area contributed by atoms with Crippen LogP contribution in [0.5, 0.6) is 0 Å². The molecule has 90 valence electrons. The predicted octanol–water partition coefficient (Wildman–Crippen LogP) is 1.74. The minimum Gasteiger partial charge on any atom is -0.462 e. The van der Waals surface area contributed by atoms with E-state index in [1.54, 1.807) is 6.08 Å². The van der Waals surface area contributed by atoms with E-state index >= 15 is 0 Å². The smallest absolute Gasteiger partial charge is 0.462 e. The summed E-state index contributed by atoms with van der Waals surface area (Å²) in [5.74, 6) is -0.560. The Kier molecular flexibility index (Phi) is 3.10. The lowest BCUT2D eigenvalue weighted by Gasteiger charge is -2.40. The Labute approximate surface area is 94.9 Å². The summed E-state index contributed by atoms with van der Waals surface area (Å²) in [4.78, 5) is 23.1. The Morgan fingerprint density at radius 3 is 2.38 bits per heavy atom. The summed E-state index contributed by atoms with van der Waals surface area (Å²) >= 11 is 0. The first-order chi connectivity index (χ1) is 7.27. The lowest BCUT2D eigenvalue weighted by atomic mass is 10.0. The van der Waals surface area contributed by atoms with Crippen LogP contribution in [0, 0.1) is 0 Å². The number of esters is 1. The quantitative estimate of drug-likeness (QED) is 0.548. The SMILES string of the molecule is COC(=O)C1=CCC[N+]1(C(=O)O)C(C)(C)C. The number of rotatable bonds is 1. The van der Waals surface area contributed by atoms with Crippen molar-refractivity contribution in [2.24, 2.45) is 0 Å². The minimum absolute atomic E-state index is 0.225. The Morgan fingerprint density at radius 1 is 1.44 bits per heavy atom. The van der Waals surface area contributed by atoms with Crippen LogP contribution in [0.1, 0.15) is 27.2 Å². The van der Waals surface area contributed by atoms with Gasteiger partial charge in [-0.15, -0.1) is 0 Å². The maximum atomic E-state index is 11.6. The van der Waals surface area contributed by atoms with Crippen LogP contribution < -0.4 is 0 Å². The van der Waals surface area contributed by atoms with Crippen molar-refractivity contribution in [2.45, 2.75) is 32.7 Å². The van der Waals surface area contributed by atoms with Gasteiger partial charge in [0.2, 0.25) is 5.70 Å². The molecule has 0 radical (unpaired) electrons. The standard InChI is InChI=1S/C11H17NO4/c1-11(2,3)12(10(14)15)7-5-6-8(12)9(13)16-4/h6H,5,7H2,1-4H3/p+1. The van der Waals surface area contributed by atoms with Gasteiger partial charge in [0.15, 0.2) is 0 Å². The van der Waals surface area contributed by atoms with E-state index < -0.39 is 17.6 Å². The van der Waals surface area contributed by atoms with Gasteiger partial charge in [-0.25, -0.2) is 4.79 Å². The Hall–Kier alpha value is -1.36. The van der Waals surface area contributed by atoms with Crippen molar-refractivity contribution < 1.29 is 23.9 Å². The van der Waals surface area contributed by atoms with Crippen molar-refractivity contribution in [3.05, 3.63) is 11.8 Å². The van der Waals surface area contributed by atoms with E-state index in [4.69, 9.17) is 0 Å². The van der Waals surface area contributed by atoms with Gasteiger partial charge in [-0.05, 0) is 26.8 Å². The van der Waals surface area contributed by atoms with Crippen molar-refractivity contribution in [3.8, 4) is 0 Å². The molecule has 1 atom stereocenters. The Bertz CT molecular complexity index is 353. The highest BCUT2D eigenvalue weighted by Gasteiger charge is 2.56. The molecular weight excluding hydrogens is 210 g/mol. The van der Waals surface area contributed by atoms with Gasteiger partial charge in [0.25, 0.3) is 0 Å². The zero-order chi connectivity index (χ0) is 12.6. The maximum absolute atomic E-state index is 11.6. The number of nitrogens with zero attached hydrogens (tertiary/aromatic N) is 1.